The molecule has 1 aliphatic rings. The minimum Gasteiger partial charge on any atom is -0.369 e. The molecule has 0 aliphatic carbocycles. The van der Waals surface area contributed by atoms with Crippen molar-refractivity contribution in [3.63, 3.8) is 0 Å². The summed E-state index contributed by atoms with van der Waals surface area (Å²) in [6.45, 7) is 0. The maximum atomic E-state index is 12.2. The van der Waals surface area contributed by atoms with Crippen molar-refractivity contribution in [3.8, 4) is 0 Å². The molecule has 23 heavy (non-hydrogen) atoms. The zero-order valence-electron chi connectivity index (χ0n) is 11.9. The predicted octanol–water partition coefficient (Wildman–Crippen LogP) is 2.96. The number of rotatable bonds is 2. The fourth-order valence-corrected chi connectivity index (χ4v) is 2.75. The third-order valence-electron chi connectivity index (χ3n) is 3.45. The number of nitrogens with zero attached hydrogens (tertiary/aromatic N) is 1. The first-order valence-electron chi connectivity index (χ1n) is 6.91. The second kappa shape index (κ2) is 6.50. The number of amides is 1. The molecule has 2 aromatic carbocycles. The molecule has 1 saturated heterocycles. The van der Waals surface area contributed by atoms with Crippen molar-refractivity contribution in [3.05, 3.63) is 70.8 Å². The maximum Gasteiger partial charge on any atom is 0.257 e. The van der Waals surface area contributed by atoms with Gasteiger partial charge in [0.15, 0.2) is 11.3 Å². The highest BCUT2D eigenvalue weighted by atomic mass is 35.5. The molecule has 0 spiro atoms. The topological polar surface area (TPSA) is 52.6 Å². The normalized spacial score (nSPS) is 19.8. The number of nitrogens with one attached hydrogen (secondary N) is 1. The van der Waals surface area contributed by atoms with Crippen LogP contribution in [0.15, 0.2) is 60.2 Å². The minimum absolute atomic E-state index is 0.148. The molecule has 1 heterocycles. The lowest BCUT2D eigenvalue weighted by molar-refractivity contribution is -0.117. The van der Waals surface area contributed by atoms with Gasteiger partial charge < -0.3 is 5.11 Å². The molecule has 0 saturated carbocycles. The third-order valence-corrected chi connectivity index (χ3v) is 4.00. The Bertz CT molecular complexity index is 775. The Hall–Kier alpha value is -2.21. The van der Waals surface area contributed by atoms with Gasteiger partial charge in [0.2, 0.25) is 0 Å². The fraction of sp³-hybridized carbons (Fsp3) is 0.0588. The molecule has 3 rings (SSSR count). The second-order valence-corrected chi connectivity index (χ2v) is 5.81. The number of carbonyl (C=O) groups is 1. The van der Waals surface area contributed by atoms with Crippen LogP contribution in [-0.4, -0.2) is 22.4 Å². The van der Waals surface area contributed by atoms with Crippen molar-refractivity contribution in [1.29, 1.82) is 0 Å². The van der Waals surface area contributed by atoms with Crippen LogP contribution >= 0.6 is 23.8 Å². The van der Waals surface area contributed by atoms with Crippen LogP contribution < -0.4 is 10.2 Å². The molecule has 4 nitrogen and oxygen atoms in total. The Kier molecular flexibility index (Phi) is 4.43. The Morgan fingerprint density at radius 1 is 1.13 bits per heavy atom. The average Bonchev–Trinajstić information content (AvgIpc) is 2.54. The minimum atomic E-state index is -1.17. The van der Waals surface area contributed by atoms with Gasteiger partial charge in [0.05, 0.1) is 5.57 Å². The molecule has 0 radical (unpaired) electrons. The van der Waals surface area contributed by atoms with Crippen LogP contribution in [0.25, 0.3) is 6.08 Å². The van der Waals surface area contributed by atoms with Gasteiger partial charge in [-0.25, -0.2) is 0 Å². The Labute approximate surface area is 144 Å². The summed E-state index contributed by atoms with van der Waals surface area (Å²) in [5, 5.41) is 14.0. The molecule has 1 amide bonds. The molecular weight excluding hydrogens is 332 g/mol. The first-order valence-corrected chi connectivity index (χ1v) is 7.70. The smallest absolute Gasteiger partial charge is 0.257 e. The number of hydrogen-bond donors (Lipinski definition) is 2. The summed E-state index contributed by atoms with van der Waals surface area (Å²) in [6.07, 6.45) is 0.475. The third kappa shape index (κ3) is 3.27. The van der Waals surface area contributed by atoms with Gasteiger partial charge in [-0.2, -0.15) is 0 Å². The molecule has 1 aliphatic heterocycles. The first-order chi connectivity index (χ1) is 11.1. The highest BCUT2D eigenvalue weighted by Gasteiger charge is 2.34. The van der Waals surface area contributed by atoms with Gasteiger partial charge in [-0.15, -0.1) is 0 Å². The van der Waals surface area contributed by atoms with Gasteiger partial charge in [-0.05, 0) is 48.1 Å². The Morgan fingerprint density at radius 2 is 1.78 bits per heavy atom. The van der Waals surface area contributed by atoms with Crippen molar-refractivity contribution in [2.24, 2.45) is 0 Å². The van der Waals surface area contributed by atoms with E-state index < -0.39 is 12.1 Å². The van der Waals surface area contributed by atoms with Gasteiger partial charge in [0.1, 0.15) is 0 Å². The van der Waals surface area contributed by atoms with E-state index in [0.717, 1.165) is 5.56 Å². The molecule has 0 unspecified atom stereocenters. The lowest BCUT2D eigenvalue weighted by Crippen LogP contribution is -2.56. The summed E-state index contributed by atoms with van der Waals surface area (Å²) in [6, 6.07) is 16.2. The van der Waals surface area contributed by atoms with Crippen LogP contribution in [0.1, 0.15) is 5.56 Å². The zero-order valence-corrected chi connectivity index (χ0v) is 13.5. The van der Waals surface area contributed by atoms with Crippen molar-refractivity contribution in [2.45, 2.75) is 6.23 Å². The number of aliphatic hydroxyl groups excluding tert-OH is 1. The second-order valence-electron chi connectivity index (χ2n) is 4.99. The van der Waals surface area contributed by atoms with Crippen LogP contribution in [0.3, 0.4) is 0 Å². The summed E-state index contributed by atoms with van der Waals surface area (Å²) < 4.78 is 0. The van der Waals surface area contributed by atoms with Gasteiger partial charge in [0, 0.05) is 10.7 Å². The van der Waals surface area contributed by atoms with Crippen LogP contribution in [0.2, 0.25) is 5.02 Å². The lowest BCUT2D eigenvalue weighted by Gasteiger charge is -2.35. The lowest BCUT2D eigenvalue weighted by atomic mass is 10.1. The summed E-state index contributed by atoms with van der Waals surface area (Å²) in [7, 11) is 0. The van der Waals surface area contributed by atoms with Crippen molar-refractivity contribution >= 4 is 46.6 Å². The summed E-state index contributed by atoms with van der Waals surface area (Å²) >= 11 is 11.1. The molecule has 2 N–H and O–H groups in total. The summed E-state index contributed by atoms with van der Waals surface area (Å²) in [5.41, 5.74) is 1.69. The van der Waals surface area contributed by atoms with E-state index in [1.807, 2.05) is 30.3 Å². The highest BCUT2D eigenvalue weighted by molar-refractivity contribution is 7.80. The molecule has 116 valence electrons. The van der Waals surface area contributed by atoms with E-state index in [0.29, 0.717) is 10.7 Å². The molecule has 6 heteroatoms. The van der Waals surface area contributed by atoms with E-state index in [-0.39, 0.29) is 10.7 Å². The molecule has 1 atom stereocenters. The quantitative estimate of drug-likeness (QED) is 0.649. The van der Waals surface area contributed by atoms with Crippen LogP contribution in [0, 0.1) is 0 Å². The van der Waals surface area contributed by atoms with Crippen molar-refractivity contribution in [2.75, 3.05) is 4.90 Å². The highest BCUT2D eigenvalue weighted by Crippen LogP contribution is 2.26. The molecule has 1 fully saturated rings. The fourth-order valence-electron chi connectivity index (χ4n) is 2.33. The number of hydrogen-bond acceptors (Lipinski definition) is 3. The number of benzene rings is 2. The van der Waals surface area contributed by atoms with E-state index in [2.05, 4.69) is 5.32 Å². The zero-order chi connectivity index (χ0) is 16.4. The monoisotopic (exact) mass is 344 g/mol. The molecular formula is C17H13ClN2O2S. The molecule has 0 aromatic heterocycles. The molecule has 2 aromatic rings. The van der Waals surface area contributed by atoms with Gasteiger partial charge in [-0.1, -0.05) is 41.9 Å². The first kappa shape index (κ1) is 15.7. The van der Waals surface area contributed by atoms with Gasteiger partial charge >= 0.3 is 0 Å². The van der Waals surface area contributed by atoms with Crippen LogP contribution in [-0.2, 0) is 4.79 Å². The standard InChI is InChI=1S/C17H13ClN2O2S/c18-12-6-8-13(9-7-12)20-16(22)14(15(21)19-17(20)23)10-11-4-2-1-3-5-11/h1-10,16,22H,(H,19,21,23)/t16-/m0/s1. The summed E-state index contributed by atoms with van der Waals surface area (Å²) in [4.78, 5) is 13.6. The van der Waals surface area contributed by atoms with E-state index >= 15 is 0 Å². The Balaban J connectivity index is 1.99. The van der Waals surface area contributed by atoms with E-state index in [4.69, 9.17) is 23.8 Å². The summed E-state index contributed by atoms with van der Waals surface area (Å²) in [5.74, 6) is -0.406. The largest absolute Gasteiger partial charge is 0.369 e. The molecule has 0 bridgehead atoms. The number of aliphatic hydroxyl groups is 1. The van der Waals surface area contributed by atoms with E-state index in [9.17, 15) is 9.90 Å². The van der Waals surface area contributed by atoms with Crippen molar-refractivity contribution < 1.29 is 9.90 Å². The van der Waals surface area contributed by atoms with Crippen LogP contribution in [0.4, 0.5) is 5.69 Å². The maximum absolute atomic E-state index is 12.2. The average molecular weight is 345 g/mol. The van der Waals surface area contributed by atoms with Gasteiger partial charge in [-0.3, -0.25) is 15.0 Å². The Morgan fingerprint density at radius 3 is 2.43 bits per heavy atom. The number of carbonyl (C=O) groups excluding carboxylic acids is 1. The van der Waals surface area contributed by atoms with E-state index in [1.165, 1.54) is 4.90 Å². The van der Waals surface area contributed by atoms with Crippen molar-refractivity contribution in [1.82, 2.24) is 5.32 Å². The SMILES string of the molecule is O=C1NC(=S)N(c2ccc(Cl)cc2)[C@@H](O)C1=Cc1ccccc1. The van der Waals surface area contributed by atoms with Gasteiger partial charge in [0.25, 0.3) is 5.91 Å². The number of halogens is 1. The predicted molar refractivity (Wildman–Crippen MR) is 95.1 cm³/mol. The van der Waals surface area contributed by atoms with Crippen LogP contribution in [0.5, 0.6) is 0 Å². The number of anilines is 1. The number of thiocarbonyl (C=S) groups is 1. The van der Waals surface area contributed by atoms with E-state index in [1.54, 1.807) is 30.3 Å².